The van der Waals surface area contributed by atoms with E-state index >= 15 is 0 Å². The maximum Gasteiger partial charge on any atom is 0.293 e. The summed E-state index contributed by atoms with van der Waals surface area (Å²) in [7, 11) is 0.500. The molecule has 102 valence electrons. The zero-order valence-electron chi connectivity index (χ0n) is 11.1. The van der Waals surface area contributed by atoms with Crippen LogP contribution in [0.2, 0.25) is 0 Å². The fourth-order valence-corrected chi connectivity index (χ4v) is 1.58. The van der Waals surface area contributed by atoms with Gasteiger partial charge in [-0.3, -0.25) is 9.18 Å². The fraction of sp³-hybridized carbons (Fsp3) is 0.500. The lowest BCUT2D eigenvalue weighted by atomic mass is 10.0. The van der Waals surface area contributed by atoms with Crippen LogP contribution in [0.4, 0.5) is 10.1 Å². The number of para-hydroxylation sites is 1. The Kier molecular flexibility index (Phi) is 10.8. The van der Waals surface area contributed by atoms with E-state index in [2.05, 4.69) is 34.3 Å². The Morgan fingerprint density at radius 1 is 1.39 bits per heavy atom. The van der Waals surface area contributed by atoms with E-state index in [4.69, 9.17) is 0 Å². The molecule has 0 spiro atoms. The molecule has 1 aromatic carbocycles. The first-order valence-corrected chi connectivity index (χ1v) is 6.13. The van der Waals surface area contributed by atoms with Crippen LogP contribution in [0.5, 0.6) is 0 Å². The number of aryl methyl sites for hydroxylation is 1. The Bertz CT molecular complexity index is 293. The third-order valence-electron chi connectivity index (χ3n) is 2.35. The number of hydrogen-bond donors (Lipinski definition) is 1. The van der Waals surface area contributed by atoms with Gasteiger partial charge >= 0.3 is 0 Å². The normalized spacial score (nSPS) is 11.5. The van der Waals surface area contributed by atoms with E-state index < -0.39 is 0 Å². The maximum atomic E-state index is 9.50. The highest BCUT2D eigenvalue weighted by Crippen LogP contribution is 2.20. The van der Waals surface area contributed by atoms with Gasteiger partial charge in [-0.1, -0.05) is 25.1 Å². The SMILES string of the molecule is CCCOC=O.CF.c1ccc2c(c1)CCCN2. The van der Waals surface area contributed by atoms with Crippen LogP contribution in [0.3, 0.4) is 0 Å². The number of fused-ring (bicyclic) bond motifs is 1. The van der Waals surface area contributed by atoms with E-state index in [9.17, 15) is 9.18 Å². The Morgan fingerprint density at radius 3 is 2.67 bits per heavy atom. The van der Waals surface area contributed by atoms with Crippen LogP contribution in [-0.4, -0.2) is 26.8 Å². The van der Waals surface area contributed by atoms with Gasteiger partial charge in [-0.25, -0.2) is 0 Å². The molecule has 2 rings (SSSR count). The highest BCUT2D eigenvalue weighted by atomic mass is 19.1. The molecule has 18 heavy (non-hydrogen) atoms. The number of hydrogen-bond acceptors (Lipinski definition) is 3. The smallest absolute Gasteiger partial charge is 0.293 e. The largest absolute Gasteiger partial charge is 0.468 e. The highest BCUT2D eigenvalue weighted by molar-refractivity contribution is 5.52. The summed E-state index contributed by atoms with van der Waals surface area (Å²) >= 11 is 0. The number of anilines is 1. The Labute approximate surface area is 108 Å². The number of alkyl halides is 1. The topological polar surface area (TPSA) is 38.3 Å². The van der Waals surface area contributed by atoms with Crippen molar-refractivity contribution in [2.24, 2.45) is 0 Å². The molecule has 4 heteroatoms. The van der Waals surface area contributed by atoms with E-state index in [-0.39, 0.29) is 0 Å². The second-order valence-corrected chi connectivity index (χ2v) is 3.65. The Morgan fingerprint density at radius 2 is 2.11 bits per heavy atom. The molecule has 1 heterocycles. The van der Waals surface area contributed by atoms with Gasteiger partial charge < -0.3 is 10.1 Å². The van der Waals surface area contributed by atoms with E-state index in [0.29, 0.717) is 20.3 Å². The molecule has 1 aliphatic heterocycles. The van der Waals surface area contributed by atoms with Crippen molar-refractivity contribution < 1.29 is 13.9 Å². The van der Waals surface area contributed by atoms with Crippen molar-refractivity contribution in [3.8, 4) is 0 Å². The van der Waals surface area contributed by atoms with Gasteiger partial charge in [-0.2, -0.15) is 0 Å². The molecule has 1 N–H and O–H groups in total. The molecule has 0 aromatic heterocycles. The lowest BCUT2D eigenvalue weighted by Crippen LogP contribution is -2.10. The van der Waals surface area contributed by atoms with Crippen LogP contribution in [0.15, 0.2) is 24.3 Å². The highest BCUT2D eigenvalue weighted by Gasteiger charge is 2.04. The number of carbonyl (C=O) groups excluding carboxylic acids is 1. The predicted octanol–water partition coefficient (Wildman–Crippen LogP) is 3.20. The van der Waals surface area contributed by atoms with Crippen LogP contribution < -0.4 is 5.32 Å². The van der Waals surface area contributed by atoms with Crippen LogP contribution in [0.25, 0.3) is 0 Å². The summed E-state index contributed by atoms with van der Waals surface area (Å²) in [4.78, 5) is 9.34. The molecule has 0 fully saturated rings. The van der Waals surface area contributed by atoms with E-state index in [1.165, 1.54) is 24.1 Å². The van der Waals surface area contributed by atoms with E-state index in [0.717, 1.165) is 13.0 Å². The van der Waals surface area contributed by atoms with Crippen LogP contribution >= 0.6 is 0 Å². The molecule has 0 radical (unpaired) electrons. The van der Waals surface area contributed by atoms with Crippen molar-refractivity contribution in [3.05, 3.63) is 29.8 Å². The number of nitrogens with one attached hydrogen (secondary N) is 1. The summed E-state index contributed by atoms with van der Waals surface area (Å²) in [6, 6.07) is 8.53. The van der Waals surface area contributed by atoms with Gasteiger partial charge in [-0.15, -0.1) is 0 Å². The molecule has 0 saturated heterocycles. The molecule has 0 aliphatic carbocycles. The van der Waals surface area contributed by atoms with Crippen molar-refractivity contribution in [2.75, 3.05) is 25.6 Å². The molecule has 1 aliphatic rings. The zero-order valence-corrected chi connectivity index (χ0v) is 11.1. The van der Waals surface area contributed by atoms with Crippen molar-refractivity contribution in [3.63, 3.8) is 0 Å². The Hall–Kier alpha value is -1.58. The molecule has 0 amide bonds. The van der Waals surface area contributed by atoms with Crippen molar-refractivity contribution >= 4 is 12.2 Å². The molecular weight excluding hydrogens is 233 g/mol. The van der Waals surface area contributed by atoms with Gasteiger partial charge in [0.15, 0.2) is 0 Å². The van der Waals surface area contributed by atoms with Gasteiger partial charge in [0.2, 0.25) is 0 Å². The van der Waals surface area contributed by atoms with Gasteiger partial charge in [0.1, 0.15) is 0 Å². The summed E-state index contributed by atoms with van der Waals surface area (Å²) < 4.78 is 13.8. The van der Waals surface area contributed by atoms with E-state index in [1.807, 2.05) is 6.92 Å². The van der Waals surface area contributed by atoms with Crippen LogP contribution in [0, 0.1) is 0 Å². The molecule has 0 bridgehead atoms. The third kappa shape index (κ3) is 6.89. The van der Waals surface area contributed by atoms with Crippen molar-refractivity contribution in [1.29, 1.82) is 0 Å². The van der Waals surface area contributed by atoms with E-state index in [1.54, 1.807) is 0 Å². The number of halogens is 1. The minimum Gasteiger partial charge on any atom is -0.468 e. The van der Waals surface area contributed by atoms with Gasteiger partial charge in [0, 0.05) is 12.2 Å². The summed E-state index contributed by atoms with van der Waals surface area (Å²) in [6.45, 7) is 4.09. The summed E-state index contributed by atoms with van der Waals surface area (Å²) in [5.74, 6) is 0. The monoisotopic (exact) mass is 255 g/mol. The summed E-state index contributed by atoms with van der Waals surface area (Å²) in [5, 5.41) is 3.36. The van der Waals surface area contributed by atoms with Gasteiger partial charge in [0.25, 0.3) is 6.47 Å². The van der Waals surface area contributed by atoms with Crippen LogP contribution in [-0.2, 0) is 16.0 Å². The van der Waals surface area contributed by atoms with Gasteiger partial charge in [-0.05, 0) is 30.9 Å². The quantitative estimate of drug-likeness (QED) is 0.666. The maximum absolute atomic E-state index is 9.50. The average Bonchev–Trinajstić information content (AvgIpc) is 2.48. The molecule has 3 nitrogen and oxygen atoms in total. The molecule has 0 saturated carbocycles. The lowest BCUT2D eigenvalue weighted by Gasteiger charge is -2.16. The average molecular weight is 255 g/mol. The minimum atomic E-state index is 0.462. The number of benzene rings is 1. The van der Waals surface area contributed by atoms with Gasteiger partial charge in [0.05, 0.1) is 13.8 Å². The zero-order chi connectivity index (χ0) is 13.6. The third-order valence-corrected chi connectivity index (χ3v) is 2.35. The second kappa shape index (κ2) is 11.9. The lowest BCUT2D eigenvalue weighted by molar-refractivity contribution is -0.128. The first kappa shape index (κ1) is 16.4. The predicted molar refractivity (Wildman–Crippen MR) is 72.6 cm³/mol. The number of ether oxygens (including phenoxy) is 1. The summed E-state index contributed by atoms with van der Waals surface area (Å²) in [5.41, 5.74) is 2.79. The van der Waals surface area contributed by atoms with Crippen molar-refractivity contribution in [1.82, 2.24) is 0 Å². The fourth-order valence-electron chi connectivity index (χ4n) is 1.58. The first-order valence-electron chi connectivity index (χ1n) is 6.13. The Balaban J connectivity index is 0.000000315. The van der Waals surface area contributed by atoms with Crippen molar-refractivity contribution in [2.45, 2.75) is 26.2 Å². The minimum absolute atomic E-state index is 0.462. The molecule has 1 aromatic rings. The second-order valence-electron chi connectivity index (χ2n) is 3.65. The molecular formula is C14H22FNO2. The van der Waals surface area contributed by atoms with Crippen LogP contribution in [0.1, 0.15) is 25.3 Å². The summed E-state index contributed by atoms with van der Waals surface area (Å²) in [6.07, 6.45) is 3.42. The molecule has 0 unspecified atom stereocenters. The number of rotatable bonds is 3. The number of carbonyl (C=O) groups is 1. The first-order chi connectivity index (χ1) is 8.88. The standard InChI is InChI=1S/C9H11N.C4H8O2.CH3F/c1-2-6-9-8(4-1)5-3-7-10-9;1-2-3-6-4-5;1-2/h1-2,4,6,10H,3,5,7H2;4H,2-3H2,1H3;1H3. The molecule has 0 atom stereocenters.